The van der Waals surface area contributed by atoms with Crippen molar-refractivity contribution in [3.8, 4) is 0 Å². The number of unbranched alkanes of at least 4 members (excludes halogenated alkanes) is 18. The Labute approximate surface area is 389 Å². The molecule has 12 nitrogen and oxygen atoms in total. The molecule has 15 heteroatoms. The maximum Gasteiger partial charge on any atom is 0.306 e. The molecule has 2 atom stereocenters. The molecule has 358 valence electrons. The standard InChI is InChI=1S/C48H78Cl2N3O9P/c1-5-6-7-8-9-10-11-12-13-14-15-16-17-19-22-32-46(55)59-38-41(39-61-63(57,58)60-36-35-53(2,3)4)62-47(56)33-23-20-18-21-26-34-51-45(54)37-40-28-24-25-31-44(40)52-48-42(49)29-27-30-43(48)50/h24-25,27-31,41,52H,5-23,26,32-39H2,1-4H3,(H-,51,54,57,58)/t41-/m1/s1. The quantitative estimate of drug-likeness (QED) is 0.0288. The lowest BCUT2D eigenvalue weighted by atomic mass is 10.0. The average molecular weight is 943 g/mol. The van der Waals surface area contributed by atoms with Gasteiger partial charge < -0.3 is 38.5 Å². The summed E-state index contributed by atoms with van der Waals surface area (Å²) in [6.45, 7) is 2.31. The number of halogens is 2. The number of amides is 1. The van der Waals surface area contributed by atoms with Gasteiger partial charge in [0.15, 0.2) is 6.10 Å². The Kier molecular flexibility index (Phi) is 30.2. The van der Waals surface area contributed by atoms with Gasteiger partial charge in [0.2, 0.25) is 5.91 Å². The predicted molar refractivity (Wildman–Crippen MR) is 253 cm³/mol. The molecular formula is C48H78Cl2N3O9P. The number of esters is 2. The number of benzene rings is 2. The molecule has 2 rings (SSSR count). The van der Waals surface area contributed by atoms with Crippen LogP contribution in [0.15, 0.2) is 42.5 Å². The molecule has 0 aliphatic heterocycles. The van der Waals surface area contributed by atoms with E-state index in [1.165, 1.54) is 70.6 Å². The zero-order valence-electron chi connectivity index (χ0n) is 38.7. The number of nitrogens with zero attached hydrogens (tertiary/aromatic N) is 1. The lowest BCUT2D eigenvalue weighted by molar-refractivity contribution is -0.870. The molecule has 0 aromatic heterocycles. The van der Waals surface area contributed by atoms with E-state index in [0.29, 0.717) is 46.1 Å². The molecule has 1 amide bonds. The van der Waals surface area contributed by atoms with Gasteiger partial charge in [-0.1, -0.05) is 164 Å². The maximum absolute atomic E-state index is 12.8. The van der Waals surface area contributed by atoms with Gasteiger partial charge in [-0.2, -0.15) is 0 Å². The summed E-state index contributed by atoms with van der Waals surface area (Å²) in [6, 6.07) is 12.8. The molecule has 0 spiro atoms. The number of anilines is 2. The normalized spacial score (nSPS) is 13.0. The van der Waals surface area contributed by atoms with E-state index in [2.05, 4.69) is 17.6 Å². The molecule has 2 aromatic carbocycles. The second-order valence-electron chi connectivity index (χ2n) is 17.5. The second-order valence-corrected chi connectivity index (χ2v) is 19.7. The second kappa shape index (κ2) is 33.7. The minimum Gasteiger partial charge on any atom is -0.756 e. The monoisotopic (exact) mass is 941 g/mol. The minimum atomic E-state index is -4.68. The molecule has 0 radical (unpaired) electrons. The van der Waals surface area contributed by atoms with Crippen molar-refractivity contribution < 1.29 is 46.8 Å². The Bertz CT molecular complexity index is 1610. The summed E-state index contributed by atoms with van der Waals surface area (Å²) in [6.07, 6.45) is 21.7. The van der Waals surface area contributed by atoms with Crippen molar-refractivity contribution in [1.82, 2.24) is 5.32 Å². The Morgan fingerprint density at radius 2 is 1.21 bits per heavy atom. The van der Waals surface area contributed by atoms with Crippen LogP contribution in [0, 0.1) is 0 Å². The number of phosphoric acid groups is 1. The fraction of sp³-hybridized carbons (Fsp3) is 0.688. The van der Waals surface area contributed by atoms with Crippen LogP contribution in [0.25, 0.3) is 0 Å². The van der Waals surface area contributed by atoms with Crippen molar-refractivity contribution in [1.29, 1.82) is 0 Å². The van der Waals surface area contributed by atoms with Crippen LogP contribution < -0.4 is 15.5 Å². The minimum absolute atomic E-state index is 0.0666. The third kappa shape index (κ3) is 29.5. The number of ether oxygens (including phenoxy) is 2. The molecule has 2 aromatic rings. The predicted octanol–water partition coefficient (Wildman–Crippen LogP) is 11.7. The molecule has 0 heterocycles. The highest BCUT2D eigenvalue weighted by Gasteiger charge is 2.22. The molecule has 0 fully saturated rings. The van der Waals surface area contributed by atoms with Crippen molar-refractivity contribution in [2.75, 3.05) is 59.4 Å². The Morgan fingerprint density at radius 3 is 1.78 bits per heavy atom. The number of rotatable bonds is 38. The number of nitrogens with one attached hydrogen (secondary N) is 2. The van der Waals surface area contributed by atoms with Gasteiger partial charge in [0.05, 0.1) is 49.9 Å². The van der Waals surface area contributed by atoms with E-state index < -0.39 is 32.5 Å². The number of carbonyl (C=O) groups is 3. The molecule has 0 saturated carbocycles. The van der Waals surface area contributed by atoms with E-state index in [-0.39, 0.29) is 38.4 Å². The number of hydrogen-bond donors (Lipinski definition) is 2. The Balaban J connectivity index is 1.66. The van der Waals surface area contributed by atoms with Crippen LogP contribution >= 0.6 is 31.0 Å². The third-order valence-electron chi connectivity index (χ3n) is 10.6. The van der Waals surface area contributed by atoms with Gasteiger partial charge in [-0.25, -0.2) is 0 Å². The summed E-state index contributed by atoms with van der Waals surface area (Å²) < 4.78 is 33.9. The summed E-state index contributed by atoms with van der Waals surface area (Å²) >= 11 is 12.7. The topological polar surface area (TPSA) is 152 Å². The molecule has 1 unspecified atom stereocenters. The van der Waals surface area contributed by atoms with Crippen LogP contribution in [-0.2, 0) is 43.9 Å². The lowest BCUT2D eigenvalue weighted by Gasteiger charge is -2.28. The highest BCUT2D eigenvalue weighted by Crippen LogP contribution is 2.38. The van der Waals surface area contributed by atoms with E-state index >= 15 is 0 Å². The van der Waals surface area contributed by atoms with Crippen LogP contribution in [0.3, 0.4) is 0 Å². The first-order valence-corrected chi connectivity index (χ1v) is 25.7. The van der Waals surface area contributed by atoms with Crippen molar-refractivity contribution in [3.05, 3.63) is 58.1 Å². The van der Waals surface area contributed by atoms with Gasteiger partial charge in [-0.05, 0) is 43.0 Å². The number of hydrogen-bond acceptors (Lipinski definition) is 10. The summed E-state index contributed by atoms with van der Waals surface area (Å²) in [5.41, 5.74) is 2.14. The Hall–Kier alpha value is -2.70. The van der Waals surface area contributed by atoms with E-state index in [0.717, 1.165) is 56.2 Å². The van der Waals surface area contributed by atoms with Gasteiger partial charge >= 0.3 is 11.9 Å². The smallest absolute Gasteiger partial charge is 0.306 e. The van der Waals surface area contributed by atoms with Gasteiger partial charge in [0.25, 0.3) is 7.82 Å². The van der Waals surface area contributed by atoms with E-state index in [1.807, 2.05) is 45.4 Å². The SMILES string of the molecule is CCCCCCCCCCCCCCCCCC(=O)OC[C@H](COP(=O)([O-])OCC[N+](C)(C)C)OC(=O)CCCCCCCNC(=O)Cc1ccccc1Nc1c(Cl)cccc1Cl. The highest BCUT2D eigenvalue weighted by molar-refractivity contribution is 7.45. The third-order valence-corrected chi connectivity index (χ3v) is 12.2. The first kappa shape index (κ1) is 56.4. The number of likely N-dealkylation sites (N-methyl/N-ethyl adjacent to an activating group) is 1. The number of quaternary nitrogens is 1. The zero-order valence-corrected chi connectivity index (χ0v) is 41.1. The van der Waals surface area contributed by atoms with Crippen LogP contribution in [0.5, 0.6) is 0 Å². The number of para-hydroxylation sites is 2. The van der Waals surface area contributed by atoms with Crippen molar-refractivity contribution in [3.63, 3.8) is 0 Å². The summed E-state index contributed by atoms with van der Waals surface area (Å²) in [5, 5.41) is 7.20. The number of carbonyl (C=O) groups excluding carboxylic acids is 3. The molecule has 0 bridgehead atoms. The highest BCUT2D eigenvalue weighted by atomic mass is 35.5. The van der Waals surface area contributed by atoms with Crippen molar-refractivity contribution >= 4 is 60.2 Å². The van der Waals surface area contributed by atoms with Gasteiger partial charge in [-0.3, -0.25) is 18.9 Å². The zero-order chi connectivity index (χ0) is 46.2. The van der Waals surface area contributed by atoms with Crippen LogP contribution in [0.2, 0.25) is 10.0 Å². The van der Waals surface area contributed by atoms with E-state index in [9.17, 15) is 23.8 Å². The van der Waals surface area contributed by atoms with Gasteiger partial charge in [-0.15, -0.1) is 0 Å². The summed E-state index contributed by atoms with van der Waals surface area (Å²) in [4.78, 5) is 50.5. The first-order valence-electron chi connectivity index (χ1n) is 23.5. The fourth-order valence-electron chi connectivity index (χ4n) is 6.83. The average Bonchev–Trinajstić information content (AvgIpc) is 3.22. The lowest BCUT2D eigenvalue weighted by Crippen LogP contribution is -2.37. The van der Waals surface area contributed by atoms with Gasteiger partial charge in [0.1, 0.15) is 19.8 Å². The summed E-state index contributed by atoms with van der Waals surface area (Å²) in [7, 11) is 1.04. The fourth-order valence-corrected chi connectivity index (χ4v) is 8.05. The molecule has 0 aliphatic rings. The molecule has 0 saturated heterocycles. The van der Waals surface area contributed by atoms with Crippen molar-refractivity contribution in [2.24, 2.45) is 0 Å². The first-order chi connectivity index (χ1) is 30.2. The van der Waals surface area contributed by atoms with E-state index in [4.69, 9.17) is 41.7 Å². The van der Waals surface area contributed by atoms with Crippen LogP contribution in [-0.4, -0.2) is 82.5 Å². The van der Waals surface area contributed by atoms with Gasteiger partial charge in [0, 0.05) is 25.1 Å². The Morgan fingerprint density at radius 1 is 0.683 bits per heavy atom. The number of phosphoric ester groups is 1. The molecular weight excluding hydrogens is 864 g/mol. The van der Waals surface area contributed by atoms with Crippen LogP contribution in [0.1, 0.15) is 154 Å². The largest absolute Gasteiger partial charge is 0.756 e. The van der Waals surface area contributed by atoms with Crippen molar-refractivity contribution in [2.45, 2.75) is 161 Å². The molecule has 0 aliphatic carbocycles. The maximum atomic E-state index is 12.8. The molecule has 63 heavy (non-hydrogen) atoms. The van der Waals surface area contributed by atoms with Crippen LogP contribution in [0.4, 0.5) is 11.4 Å². The van der Waals surface area contributed by atoms with E-state index in [1.54, 1.807) is 18.2 Å². The summed E-state index contributed by atoms with van der Waals surface area (Å²) in [5.74, 6) is -1.06. The molecule has 2 N–H and O–H groups in total.